The molecule has 1 heterocycles. The van der Waals surface area contributed by atoms with Crippen molar-refractivity contribution in [3.63, 3.8) is 0 Å². The average Bonchev–Trinajstić information content (AvgIpc) is 3.10. The van der Waals surface area contributed by atoms with E-state index in [1.165, 1.54) is 35.5 Å². The maximum Gasteiger partial charge on any atom is 0.343 e. The lowest BCUT2D eigenvalue weighted by Crippen LogP contribution is -2.10. The maximum absolute atomic E-state index is 12.2. The number of ether oxygens (including phenoxy) is 1. The Bertz CT molecular complexity index is 912. The molecule has 0 bridgehead atoms. The molecule has 0 aliphatic heterocycles. The predicted octanol–water partition coefficient (Wildman–Crippen LogP) is 3.05. The summed E-state index contributed by atoms with van der Waals surface area (Å²) in [4.78, 5) is 26.6. The fraction of sp³-hybridized carbons (Fsp3) is 0. The fourth-order valence-electron chi connectivity index (χ4n) is 2.01. The van der Waals surface area contributed by atoms with Gasteiger partial charge in [0.2, 0.25) is 0 Å². The van der Waals surface area contributed by atoms with Crippen LogP contribution in [0.1, 0.15) is 10.4 Å². The van der Waals surface area contributed by atoms with Gasteiger partial charge in [-0.3, -0.25) is 10.1 Å². The summed E-state index contributed by atoms with van der Waals surface area (Å²) >= 11 is 5.93. The van der Waals surface area contributed by atoms with Gasteiger partial charge in [0.25, 0.3) is 5.69 Å². The number of hydrogen-bond acceptors (Lipinski definition) is 6. The number of para-hydroxylation sites is 1. The molecule has 0 saturated carbocycles. The first-order valence-electron chi connectivity index (χ1n) is 6.66. The largest absolute Gasteiger partial charge is 0.421 e. The molecule has 0 spiro atoms. The Balaban J connectivity index is 1.94. The first-order chi connectivity index (χ1) is 11.6. The molecule has 0 amide bonds. The number of aromatic nitrogens is 3. The van der Waals surface area contributed by atoms with Crippen molar-refractivity contribution < 1.29 is 14.5 Å². The minimum atomic E-state index is -0.753. The van der Waals surface area contributed by atoms with E-state index in [0.717, 1.165) is 6.07 Å². The van der Waals surface area contributed by atoms with E-state index in [1.54, 1.807) is 18.2 Å². The third kappa shape index (κ3) is 3.08. The third-order valence-electron chi connectivity index (χ3n) is 3.11. The SMILES string of the molecule is O=C(Oc1ccccc1Cl)c1ccc(-n2cncn2)c([N+](=O)[O-])c1. The van der Waals surface area contributed by atoms with E-state index < -0.39 is 10.9 Å². The highest BCUT2D eigenvalue weighted by molar-refractivity contribution is 6.32. The molecule has 3 rings (SSSR count). The average molecular weight is 345 g/mol. The monoisotopic (exact) mass is 344 g/mol. The van der Waals surface area contributed by atoms with Crippen molar-refractivity contribution in [3.8, 4) is 11.4 Å². The standard InChI is InChI=1S/C15H9ClN4O4/c16-11-3-1-2-4-14(11)24-15(21)10-5-6-12(13(7-10)20(22)23)19-9-17-8-18-19/h1-9H. The molecule has 9 heteroatoms. The number of nitro groups is 1. The van der Waals surface area contributed by atoms with Gasteiger partial charge in [0, 0.05) is 6.07 Å². The molecule has 3 aromatic rings. The van der Waals surface area contributed by atoms with Crippen LogP contribution < -0.4 is 4.74 Å². The molecule has 2 aromatic carbocycles. The molecule has 0 fully saturated rings. The second kappa shape index (κ2) is 6.47. The Kier molecular flexibility index (Phi) is 4.21. The Hall–Kier alpha value is -3.26. The molecule has 120 valence electrons. The van der Waals surface area contributed by atoms with Gasteiger partial charge in [-0.1, -0.05) is 23.7 Å². The number of carbonyl (C=O) groups is 1. The normalized spacial score (nSPS) is 10.4. The van der Waals surface area contributed by atoms with Gasteiger partial charge in [-0.25, -0.2) is 14.5 Å². The number of benzene rings is 2. The van der Waals surface area contributed by atoms with E-state index in [9.17, 15) is 14.9 Å². The second-order valence-corrected chi connectivity index (χ2v) is 5.03. The van der Waals surface area contributed by atoms with Crippen LogP contribution >= 0.6 is 11.6 Å². The van der Waals surface area contributed by atoms with Crippen LogP contribution in [-0.2, 0) is 0 Å². The summed E-state index contributed by atoms with van der Waals surface area (Å²) in [5.41, 5.74) is -0.0913. The number of nitro benzene ring substituents is 1. The summed E-state index contributed by atoms with van der Waals surface area (Å²) in [7, 11) is 0. The van der Waals surface area contributed by atoms with Gasteiger partial charge in [0.15, 0.2) is 0 Å². The van der Waals surface area contributed by atoms with E-state index in [-0.39, 0.29) is 27.7 Å². The summed E-state index contributed by atoms with van der Waals surface area (Å²) < 4.78 is 6.41. The van der Waals surface area contributed by atoms with Gasteiger partial charge in [-0.15, -0.1) is 0 Å². The molecule has 24 heavy (non-hydrogen) atoms. The lowest BCUT2D eigenvalue weighted by atomic mass is 10.1. The molecule has 1 aromatic heterocycles. The molecule has 0 atom stereocenters. The number of rotatable bonds is 4. The predicted molar refractivity (Wildman–Crippen MR) is 84.4 cm³/mol. The van der Waals surface area contributed by atoms with Gasteiger partial charge >= 0.3 is 5.97 Å². The second-order valence-electron chi connectivity index (χ2n) is 4.62. The maximum atomic E-state index is 12.2. The van der Waals surface area contributed by atoms with Crippen molar-refractivity contribution in [2.75, 3.05) is 0 Å². The molecule has 0 aliphatic carbocycles. The Morgan fingerprint density at radius 2 is 2.04 bits per heavy atom. The summed E-state index contributed by atoms with van der Waals surface area (Å²) in [6, 6.07) is 10.4. The lowest BCUT2D eigenvalue weighted by Gasteiger charge is -2.07. The third-order valence-corrected chi connectivity index (χ3v) is 3.42. The minimum Gasteiger partial charge on any atom is -0.421 e. The van der Waals surface area contributed by atoms with Crippen molar-refractivity contribution in [1.82, 2.24) is 14.8 Å². The van der Waals surface area contributed by atoms with E-state index in [0.29, 0.717) is 0 Å². The van der Waals surface area contributed by atoms with Crippen molar-refractivity contribution in [3.05, 3.63) is 75.8 Å². The van der Waals surface area contributed by atoms with Gasteiger partial charge in [0.05, 0.1) is 15.5 Å². The van der Waals surface area contributed by atoms with Crippen LogP contribution in [0.15, 0.2) is 55.1 Å². The molecular formula is C15H9ClN4O4. The first kappa shape index (κ1) is 15.6. The number of nitrogens with zero attached hydrogens (tertiary/aromatic N) is 4. The highest BCUT2D eigenvalue weighted by Gasteiger charge is 2.20. The van der Waals surface area contributed by atoms with Crippen molar-refractivity contribution in [2.45, 2.75) is 0 Å². The number of carbonyl (C=O) groups excluding carboxylic acids is 1. The Labute approximate surface area is 140 Å². The summed E-state index contributed by atoms with van der Waals surface area (Å²) in [5, 5.41) is 15.4. The zero-order valence-corrected chi connectivity index (χ0v) is 12.8. The van der Waals surface area contributed by atoms with Crippen LogP contribution in [0, 0.1) is 10.1 Å². The van der Waals surface area contributed by atoms with Crippen LogP contribution in [-0.4, -0.2) is 25.7 Å². The van der Waals surface area contributed by atoms with Crippen molar-refractivity contribution in [2.24, 2.45) is 0 Å². The van der Waals surface area contributed by atoms with Gasteiger partial charge in [0.1, 0.15) is 24.1 Å². The summed E-state index contributed by atoms with van der Waals surface area (Å²) in [5.74, 6) is -0.580. The summed E-state index contributed by atoms with van der Waals surface area (Å²) in [6.45, 7) is 0. The Morgan fingerprint density at radius 3 is 2.71 bits per heavy atom. The van der Waals surface area contributed by atoms with Gasteiger partial charge in [-0.2, -0.15) is 5.10 Å². The fourth-order valence-corrected chi connectivity index (χ4v) is 2.18. The first-order valence-corrected chi connectivity index (χ1v) is 7.04. The van der Waals surface area contributed by atoms with Crippen LogP contribution in [0.5, 0.6) is 5.75 Å². The van der Waals surface area contributed by atoms with E-state index in [2.05, 4.69) is 10.1 Å². The highest BCUT2D eigenvalue weighted by Crippen LogP contribution is 2.27. The van der Waals surface area contributed by atoms with Crippen molar-refractivity contribution in [1.29, 1.82) is 0 Å². The van der Waals surface area contributed by atoms with Crippen LogP contribution in [0.3, 0.4) is 0 Å². The topological polar surface area (TPSA) is 100 Å². The van der Waals surface area contributed by atoms with Gasteiger partial charge in [-0.05, 0) is 24.3 Å². The molecule has 0 unspecified atom stereocenters. The zero-order chi connectivity index (χ0) is 17.1. The molecule has 0 N–H and O–H groups in total. The van der Waals surface area contributed by atoms with E-state index in [4.69, 9.17) is 16.3 Å². The molecular weight excluding hydrogens is 336 g/mol. The molecule has 0 radical (unpaired) electrons. The van der Waals surface area contributed by atoms with Gasteiger partial charge < -0.3 is 4.74 Å². The van der Waals surface area contributed by atoms with Crippen LogP contribution in [0.4, 0.5) is 5.69 Å². The number of hydrogen-bond donors (Lipinski definition) is 0. The Morgan fingerprint density at radius 1 is 1.25 bits per heavy atom. The van der Waals surface area contributed by atoms with Crippen molar-refractivity contribution >= 4 is 23.3 Å². The zero-order valence-electron chi connectivity index (χ0n) is 12.0. The van der Waals surface area contributed by atoms with E-state index >= 15 is 0 Å². The van der Waals surface area contributed by atoms with Crippen LogP contribution in [0.2, 0.25) is 5.02 Å². The molecule has 0 saturated heterocycles. The lowest BCUT2D eigenvalue weighted by molar-refractivity contribution is -0.384. The smallest absolute Gasteiger partial charge is 0.343 e. The highest BCUT2D eigenvalue weighted by atomic mass is 35.5. The quantitative estimate of drug-likeness (QED) is 0.312. The summed E-state index contributed by atoms with van der Waals surface area (Å²) in [6.07, 6.45) is 2.58. The van der Waals surface area contributed by atoms with E-state index in [1.807, 2.05) is 0 Å². The minimum absolute atomic E-state index is 0.0190. The molecule has 0 aliphatic rings. The number of halogens is 1. The van der Waals surface area contributed by atoms with Crippen LogP contribution in [0.25, 0.3) is 5.69 Å². The molecule has 8 nitrogen and oxygen atoms in total. The number of esters is 1.